The number of carbonyl (C=O) groups is 1. The zero-order valence-electron chi connectivity index (χ0n) is 14.9. The van der Waals surface area contributed by atoms with Crippen molar-refractivity contribution in [1.29, 1.82) is 10.5 Å². The average molecular weight is 384 g/mol. The predicted octanol–water partition coefficient (Wildman–Crippen LogP) is 4.10. The van der Waals surface area contributed by atoms with Gasteiger partial charge in [0.15, 0.2) is 5.57 Å². The van der Waals surface area contributed by atoms with Gasteiger partial charge >= 0.3 is 0 Å². The molecule has 0 radical (unpaired) electrons. The van der Waals surface area contributed by atoms with Crippen LogP contribution in [0.15, 0.2) is 88.5 Å². The summed E-state index contributed by atoms with van der Waals surface area (Å²) in [7, 11) is 0. The monoisotopic (exact) mass is 384 g/mol. The molecule has 1 aromatic heterocycles. The SMILES string of the molecule is N#CC(C#N)=C1C=CC=CN1C(=Cc1ccco1)C(=O)c1ccc([N+](=O)[O-])cc1. The fourth-order valence-corrected chi connectivity index (χ4v) is 2.63. The minimum atomic E-state index is -0.557. The highest BCUT2D eigenvalue weighted by Gasteiger charge is 2.24. The molecule has 1 aliphatic rings. The van der Waals surface area contributed by atoms with Gasteiger partial charge in [-0.05, 0) is 36.4 Å². The summed E-state index contributed by atoms with van der Waals surface area (Å²) >= 11 is 0. The second kappa shape index (κ2) is 8.33. The molecule has 140 valence electrons. The summed E-state index contributed by atoms with van der Waals surface area (Å²) in [6, 6.07) is 12.1. The van der Waals surface area contributed by atoms with E-state index in [1.54, 1.807) is 36.6 Å². The third-order valence-corrected chi connectivity index (χ3v) is 3.99. The van der Waals surface area contributed by atoms with Crippen LogP contribution in [-0.2, 0) is 0 Å². The molecule has 0 spiro atoms. The van der Waals surface area contributed by atoms with E-state index in [1.165, 1.54) is 41.5 Å². The summed E-state index contributed by atoms with van der Waals surface area (Å²) in [6.45, 7) is 0. The van der Waals surface area contributed by atoms with E-state index in [-0.39, 0.29) is 28.2 Å². The molecule has 8 heteroatoms. The Hall–Kier alpha value is -4.69. The summed E-state index contributed by atoms with van der Waals surface area (Å²) in [5.74, 6) is -0.0861. The lowest BCUT2D eigenvalue weighted by molar-refractivity contribution is -0.384. The van der Waals surface area contributed by atoms with E-state index in [0.29, 0.717) is 5.76 Å². The molecule has 0 fully saturated rings. The number of nitro groups is 1. The van der Waals surface area contributed by atoms with Crippen LogP contribution in [0.4, 0.5) is 5.69 Å². The molecule has 0 atom stereocenters. The normalized spacial score (nSPS) is 13.0. The first-order valence-corrected chi connectivity index (χ1v) is 8.28. The fraction of sp³-hybridized carbons (Fsp3) is 0. The average Bonchev–Trinajstić information content (AvgIpc) is 3.26. The van der Waals surface area contributed by atoms with E-state index < -0.39 is 10.7 Å². The van der Waals surface area contributed by atoms with Crippen molar-refractivity contribution < 1.29 is 14.1 Å². The quantitative estimate of drug-likeness (QED) is 0.250. The van der Waals surface area contributed by atoms with E-state index in [0.717, 1.165) is 0 Å². The number of furan rings is 1. The van der Waals surface area contributed by atoms with Crippen LogP contribution in [0.1, 0.15) is 16.1 Å². The second-order valence-electron chi connectivity index (χ2n) is 5.73. The molecular formula is C21H12N4O4. The number of ketones is 1. The summed E-state index contributed by atoms with van der Waals surface area (Å²) in [5, 5.41) is 29.4. The van der Waals surface area contributed by atoms with Crippen molar-refractivity contribution in [2.75, 3.05) is 0 Å². The molecule has 29 heavy (non-hydrogen) atoms. The number of carbonyl (C=O) groups excluding carboxylic acids is 1. The van der Waals surface area contributed by atoms with Crippen molar-refractivity contribution >= 4 is 17.5 Å². The van der Waals surface area contributed by atoms with Crippen molar-refractivity contribution in [3.63, 3.8) is 0 Å². The first-order valence-electron chi connectivity index (χ1n) is 8.28. The molecule has 1 aliphatic heterocycles. The van der Waals surface area contributed by atoms with E-state index >= 15 is 0 Å². The lowest BCUT2D eigenvalue weighted by Gasteiger charge is -2.25. The lowest BCUT2D eigenvalue weighted by atomic mass is 10.0. The topological polar surface area (TPSA) is 124 Å². The van der Waals surface area contributed by atoms with E-state index in [2.05, 4.69) is 0 Å². The minimum absolute atomic E-state index is 0.104. The standard InChI is InChI=1S/C21H12N4O4/c22-13-16(14-23)19-5-1-2-10-24(19)20(12-18-4-3-11-29-18)21(26)15-6-8-17(9-7-15)25(27)28/h1-12H. The highest BCUT2D eigenvalue weighted by molar-refractivity contribution is 6.11. The number of nitriles is 2. The van der Waals surface area contributed by atoms with Crippen molar-refractivity contribution in [2.45, 2.75) is 0 Å². The number of benzene rings is 1. The molecule has 0 N–H and O–H groups in total. The maximum absolute atomic E-state index is 13.2. The summed E-state index contributed by atoms with van der Waals surface area (Å²) in [6.07, 6.45) is 9.29. The largest absolute Gasteiger partial charge is 0.465 e. The molecular weight excluding hydrogens is 372 g/mol. The maximum Gasteiger partial charge on any atom is 0.269 e. The van der Waals surface area contributed by atoms with E-state index in [9.17, 15) is 25.4 Å². The number of Topliss-reactive ketones (excluding diaryl/α,β-unsaturated/α-hetero) is 1. The Labute approximate surface area is 165 Å². The van der Waals surface area contributed by atoms with Crippen LogP contribution < -0.4 is 0 Å². The van der Waals surface area contributed by atoms with Crippen molar-refractivity contribution in [3.05, 3.63) is 105 Å². The van der Waals surface area contributed by atoms with Crippen LogP contribution in [0.2, 0.25) is 0 Å². The molecule has 0 amide bonds. The maximum atomic E-state index is 13.2. The van der Waals surface area contributed by atoms with Crippen LogP contribution in [0.5, 0.6) is 0 Å². The molecule has 8 nitrogen and oxygen atoms in total. The lowest BCUT2D eigenvalue weighted by Crippen LogP contribution is -2.24. The number of rotatable bonds is 5. The van der Waals surface area contributed by atoms with Gasteiger partial charge < -0.3 is 9.32 Å². The Kier molecular flexibility index (Phi) is 5.48. The Morgan fingerprint density at radius 3 is 2.45 bits per heavy atom. The van der Waals surface area contributed by atoms with E-state index in [1.807, 2.05) is 12.1 Å². The zero-order chi connectivity index (χ0) is 20.8. The van der Waals surface area contributed by atoms with Gasteiger partial charge in [-0.25, -0.2) is 0 Å². The molecule has 1 aromatic carbocycles. The molecule has 0 saturated heterocycles. The molecule has 0 aliphatic carbocycles. The first kappa shape index (κ1) is 19.1. The summed E-state index contributed by atoms with van der Waals surface area (Å²) < 4.78 is 5.31. The minimum Gasteiger partial charge on any atom is -0.465 e. The van der Waals surface area contributed by atoms with Gasteiger partial charge in [-0.1, -0.05) is 6.08 Å². The van der Waals surface area contributed by atoms with Gasteiger partial charge in [0.05, 0.1) is 22.6 Å². The van der Waals surface area contributed by atoms with Gasteiger partial charge in [0, 0.05) is 30.0 Å². The van der Waals surface area contributed by atoms with Crippen molar-refractivity contribution in [3.8, 4) is 12.1 Å². The Morgan fingerprint density at radius 1 is 1.14 bits per heavy atom. The molecule has 2 aromatic rings. The second-order valence-corrected chi connectivity index (χ2v) is 5.73. The first-order chi connectivity index (χ1) is 14.0. The third-order valence-electron chi connectivity index (χ3n) is 3.99. The number of nitro benzene ring substituents is 1. The van der Waals surface area contributed by atoms with Gasteiger partial charge in [-0.15, -0.1) is 0 Å². The van der Waals surface area contributed by atoms with Crippen molar-refractivity contribution in [2.24, 2.45) is 0 Å². The highest BCUT2D eigenvalue weighted by atomic mass is 16.6. The Bertz CT molecular complexity index is 1140. The molecule has 0 unspecified atom stereocenters. The van der Waals surface area contributed by atoms with E-state index in [4.69, 9.17) is 4.42 Å². The fourth-order valence-electron chi connectivity index (χ4n) is 2.63. The highest BCUT2D eigenvalue weighted by Crippen LogP contribution is 2.27. The van der Waals surface area contributed by atoms with Crippen LogP contribution in [0, 0.1) is 32.8 Å². The van der Waals surface area contributed by atoms with Crippen molar-refractivity contribution in [1.82, 2.24) is 4.90 Å². The Morgan fingerprint density at radius 2 is 1.86 bits per heavy atom. The van der Waals surface area contributed by atoms with Crippen LogP contribution in [0.3, 0.4) is 0 Å². The number of hydrogen-bond donors (Lipinski definition) is 0. The smallest absolute Gasteiger partial charge is 0.269 e. The summed E-state index contributed by atoms with van der Waals surface area (Å²) in [5.41, 5.74) is 0.215. The zero-order valence-corrected chi connectivity index (χ0v) is 14.9. The van der Waals surface area contributed by atoms with Gasteiger partial charge in [-0.3, -0.25) is 14.9 Å². The molecule has 0 bridgehead atoms. The Balaban J connectivity index is 2.12. The van der Waals surface area contributed by atoms with Gasteiger partial charge in [-0.2, -0.15) is 10.5 Å². The third kappa shape index (κ3) is 4.02. The van der Waals surface area contributed by atoms with Gasteiger partial charge in [0.2, 0.25) is 5.78 Å². The molecule has 3 rings (SSSR count). The summed E-state index contributed by atoms with van der Waals surface area (Å²) in [4.78, 5) is 24.9. The number of non-ortho nitro benzene ring substituents is 1. The molecule has 2 heterocycles. The van der Waals surface area contributed by atoms with Crippen LogP contribution in [0.25, 0.3) is 6.08 Å². The number of hydrogen-bond acceptors (Lipinski definition) is 7. The van der Waals surface area contributed by atoms with Gasteiger partial charge in [0.1, 0.15) is 17.9 Å². The number of nitrogens with zero attached hydrogens (tertiary/aromatic N) is 4. The number of allylic oxidation sites excluding steroid dienone is 5. The molecule has 0 saturated carbocycles. The van der Waals surface area contributed by atoms with Gasteiger partial charge in [0.25, 0.3) is 5.69 Å². The predicted molar refractivity (Wildman–Crippen MR) is 102 cm³/mol. The van der Waals surface area contributed by atoms with Crippen LogP contribution in [-0.4, -0.2) is 15.6 Å². The van der Waals surface area contributed by atoms with Crippen LogP contribution >= 0.6 is 0 Å².